The van der Waals surface area contributed by atoms with Gasteiger partial charge in [0.2, 0.25) is 0 Å². The van der Waals surface area contributed by atoms with Crippen LogP contribution in [0, 0.1) is 0 Å². The predicted octanol–water partition coefficient (Wildman–Crippen LogP) is 8.56. The highest BCUT2D eigenvalue weighted by Crippen LogP contribution is 2.47. The zero-order valence-electron chi connectivity index (χ0n) is 23.0. The van der Waals surface area contributed by atoms with Crippen LogP contribution < -0.4 is 4.90 Å². The summed E-state index contributed by atoms with van der Waals surface area (Å²) in [5.74, 6) is 0.127. The van der Waals surface area contributed by atoms with Crippen molar-refractivity contribution >= 4 is 17.0 Å². The van der Waals surface area contributed by atoms with Crippen LogP contribution in [0.4, 0.5) is 5.69 Å². The Morgan fingerprint density at radius 1 is 0.650 bits per heavy atom. The predicted molar refractivity (Wildman–Crippen MR) is 166 cm³/mol. The van der Waals surface area contributed by atoms with Crippen LogP contribution in [0.25, 0.3) is 5.57 Å². The quantitative estimate of drug-likeness (QED) is 0.159. The normalized spacial score (nSPS) is 14.8. The first-order valence-electron chi connectivity index (χ1n) is 13.9. The molecule has 1 heterocycles. The highest BCUT2D eigenvalue weighted by atomic mass is 16.1. The Hall–Kier alpha value is -4.69. The largest absolute Gasteiger partial charge is 0.357 e. The number of hydrogen-bond acceptors (Lipinski definition) is 2. The first kappa shape index (κ1) is 25.6. The minimum atomic E-state index is -0.507. The molecule has 0 spiro atoms. The molecule has 196 valence electrons. The molecule has 0 unspecified atom stereocenters. The van der Waals surface area contributed by atoms with Gasteiger partial charge in [-0.25, -0.2) is 0 Å². The SMILES string of the molecule is CC1=C[C@H](C)N(CC(=O)c2ccccc2)c2ccc(C(c3ccccc3)(c3ccccc3)c3ccccc3)cc21. The zero-order chi connectivity index (χ0) is 27.5. The molecule has 40 heavy (non-hydrogen) atoms. The Morgan fingerprint density at radius 2 is 1.12 bits per heavy atom. The van der Waals surface area contributed by atoms with E-state index in [0.29, 0.717) is 6.54 Å². The van der Waals surface area contributed by atoms with E-state index in [0.717, 1.165) is 11.3 Å². The van der Waals surface area contributed by atoms with Gasteiger partial charge in [0.1, 0.15) is 0 Å². The first-order valence-corrected chi connectivity index (χ1v) is 13.9. The summed E-state index contributed by atoms with van der Waals surface area (Å²) in [5.41, 5.74) is 8.59. The van der Waals surface area contributed by atoms with Crippen LogP contribution in [-0.2, 0) is 5.41 Å². The molecule has 1 atom stereocenters. The standard InChI is InChI=1S/C38H33NO/c1-28-25-29(2)39(27-37(40)30-15-7-3-8-16-30)36-24-23-34(26-35(28)36)38(31-17-9-4-10-18-31,32-19-11-5-12-20-32)33-21-13-6-14-22-33/h3-26,29H,27H2,1-2H3/t29-/m0/s1. The Bertz CT molecular complexity index is 1540. The lowest BCUT2D eigenvalue weighted by Gasteiger charge is -2.39. The second-order valence-electron chi connectivity index (χ2n) is 10.6. The van der Waals surface area contributed by atoms with Crippen molar-refractivity contribution in [2.24, 2.45) is 0 Å². The molecule has 0 aliphatic carbocycles. The van der Waals surface area contributed by atoms with E-state index in [4.69, 9.17) is 0 Å². The lowest BCUT2D eigenvalue weighted by molar-refractivity contribution is 0.0998. The van der Waals surface area contributed by atoms with Crippen molar-refractivity contribution in [3.63, 3.8) is 0 Å². The molecule has 1 aliphatic heterocycles. The van der Waals surface area contributed by atoms with Crippen molar-refractivity contribution in [2.45, 2.75) is 25.3 Å². The smallest absolute Gasteiger partial charge is 0.182 e. The van der Waals surface area contributed by atoms with Gasteiger partial charge in [0.15, 0.2) is 5.78 Å². The fourth-order valence-corrected chi connectivity index (χ4v) is 6.26. The Labute approximate surface area is 237 Å². The summed E-state index contributed by atoms with van der Waals surface area (Å²) in [7, 11) is 0. The summed E-state index contributed by atoms with van der Waals surface area (Å²) in [6, 6.07) is 48.9. The summed E-state index contributed by atoms with van der Waals surface area (Å²) >= 11 is 0. The number of rotatable bonds is 7. The van der Waals surface area contributed by atoms with Gasteiger partial charge in [0.05, 0.1) is 12.0 Å². The van der Waals surface area contributed by atoms with E-state index < -0.39 is 5.41 Å². The molecule has 0 bridgehead atoms. The fraction of sp³-hybridized carbons (Fsp3) is 0.132. The monoisotopic (exact) mass is 519 g/mol. The van der Waals surface area contributed by atoms with E-state index in [1.54, 1.807) is 0 Å². The van der Waals surface area contributed by atoms with Crippen LogP contribution in [0.15, 0.2) is 146 Å². The molecule has 0 saturated heterocycles. The molecular formula is C38H33NO. The molecule has 0 radical (unpaired) electrons. The van der Waals surface area contributed by atoms with Gasteiger partial charge in [-0.2, -0.15) is 0 Å². The number of fused-ring (bicyclic) bond motifs is 1. The molecule has 0 N–H and O–H groups in total. The van der Waals surface area contributed by atoms with Gasteiger partial charge in [-0.1, -0.05) is 133 Å². The number of ketones is 1. The van der Waals surface area contributed by atoms with Gasteiger partial charge in [0, 0.05) is 22.9 Å². The van der Waals surface area contributed by atoms with Crippen molar-refractivity contribution in [3.05, 3.63) is 179 Å². The summed E-state index contributed by atoms with van der Waals surface area (Å²) in [5, 5.41) is 0. The number of carbonyl (C=O) groups is 1. The minimum absolute atomic E-state index is 0.119. The first-order chi connectivity index (χ1) is 19.6. The molecule has 0 saturated carbocycles. The zero-order valence-corrected chi connectivity index (χ0v) is 23.0. The van der Waals surface area contributed by atoms with Gasteiger partial charge < -0.3 is 4.90 Å². The fourth-order valence-electron chi connectivity index (χ4n) is 6.26. The summed E-state index contributed by atoms with van der Waals surface area (Å²) in [6.07, 6.45) is 2.28. The number of carbonyl (C=O) groups excluding carboxylic acids is 1. The van der Waals surface area contributed by atoms with Crippen LogP contribution in [0.1, 0.15) is 52.0 Å². The summed E-state index contributed by atoms with van der Waals surface area (Å²) < 4.78 is 0. The number of nitrogens with zero attached hydrogens (tertiary/aromatic N) is 1. The molecule has 2 heteroatoms. The maximum Gasteiger partial charge on any atom is 0.182 e. The average molecular weight is 520 g/mol. The van der Waals surface area contributed by atoms with Gasteiger partial charge in [-0.05, 0) is 53.8 Å². The van der Waals surface area contributed by atoms with Gasteiger partial charge in [-0.3, -0.25) is 4.79 Å². The van der Waals surface area contributed by atoms with Crippen molar-refractivity contribution in [1.82, 2.24) is 0 Å². The Kier molecular flexibility index (Phi) is 6.92. The van der Waals surface area contributed by atoms with E-state index >= 15 is 0 Å². The van der Waals surface area contributed by atoms with Crippen molar-refractivity contribution in [3.8, 4) is 0 Å². The van der Waals surface area contributed by atoms with E-state index in [-0.39, 0.29) is 11.8 Å². The van der Waals surface area contributed by atoms with Crippen LogP contribution in [0.3, 0.4) is 0 Å². The van der Waals surface area contributed by atoms with Gasteiger partial charge in [-0.15, -0.1) is 0 Å². The molecule has 0 fully saturated rings. The van der Waals surface area contributed by atoms with Crippen molar-refractivity contribution in [2.75, 3.05) is 11.4 Å². The average Bonchev–Trinajstić information content (AvgIpc) is 3.02. The number of Topliss-reactive ketones (excluding diaryl/α,β-unsaturated/α-hetero) is 1. The number of anilines is 1. The molecule has 0 aromatic heterocycles. The third-order valence-corrected chi connectivity index (χ3v) is 8.18. The molecule has 6 rings (SSSR count). The lowest BCUT2D eigenvalue weighted by Crippen LogP contribution is -2.39. The van der Waals surface area contributed by atoms with Crippen LogP contribution in [-0.4, -0.2) is 18.4 Å². The van der Waals surface area contributed by atoms with E-state index in [9.17, 15) is 4.79 Å². The van der Waals surface area contributed by atoms with Crippen LogP contribution >= 0.6 is 0 Å². The Balaban J connectivity index is 1.54. The third kappa shape index (κ3) is 4.46. The molecular weight excluding hydrogens is 486 g/mol. The third-order valence-electron chi connectivity index (χ3n) is 8.18. The summed E-state index contributed by atoms with van der Waals surface area (Å²) in [6.45, 7) is 4.69. The highest BCUT2D eigenvalue weighted by Gasteiger charge is 2.39. The molecule has 2 nitrogen and oxygen atoms in total. The van der Waals surface area contributed by atoms with E-state index in [1.807, 2.05) is 30.3 Å². The molecule has 1 aliphatic rings. The van der Waals surface area contributed by atoms with Crippen LogP contribution in [0.5, 0.6) is 0 Å². The second kappa shape index (κ2) is 10.8. The maximum absolute atomic E-state index is 13.3. The maximum atomic E-state index is 13.3. The van der Waals surface area contributed by atoms with E-state index in [1.165, 1.54) is 33.4 Å². The van der Waals surface area contributed by atoms with Crippen LogP contribution in [0.2, 0.25) is 0 Å². The molecule has 5 aromatic rings. The summed E-state index contributed by atoms with van der Waals surface area (Å²) in [4.78, 5) is 15.5. The topological polar surface area (TPSA) is 20.3 Å². The van der Waals surface area contributed by atoms with Gasteiger partial charge >= 0.3 is 0 Å². The minimum Gasteiger partial charge on any atom is -0.357 e. The van der Waals surface area contributed by atoms with E-state index in [2.05, 4.69) is 134 Å². The second-order valence-corrected chi connectivity index (χ2v) is 10.6. The number of hydrogen-bond donors (Lipinski definition) is 0. The lowest BCUT2D eigenvalue weighted by atomic mass is 9.64. The molecule has 5 aromatic carbocycles. The highest BCUT2D eigenvalue weighted by molar-refractivity contribution is 6.00. The van der Waals surface area contributed by atoms with Crippen molar-refractivity contribution in [1.29, 1.82) is 0 Å². The Morgan fingerprint density at radius 3 is 1.62 bits per heavy atom. The van der Waals surface area contributed by atoms with Gasteiger partial charge in [0.25, 0.3) is 0 Å². The number of allylic oxidation sites excluding steroid dienone is 1. The van der Waals surface area contributed by atoms with Crippen molar-refractivity contribution < 1.29 is 4.79 Å². The number of benzene rings is 5. The molecule has 0 amide bonds.